The first kappa shape index (κ1) is 18.2. The number of hydrogen-bond acceptors (Lipinski definition) is 2. The summed E-state index contributed by atoms with van der Waals surface area (Å²) in [6.07, 6.45) is 0. The molecule has 0 saturated heterocycles. The second-order valence-corrected chi connectivity index (χ2v) is 6.69. The molecule has 0 aliphatic heterocycles. The van der Waals surface area contributed by atoms with Crippen LogP contribution in [-0.4, -0.2) is 18.4 Å². The minimum Gasteiger partial charge on any atom is -0.324 e. The third kappa shape index (κ3) is 4.23. The number of aryl methyl sites for hydroxylation is 2. The molecule has 0 aromatic heterocycles. The fourth-order valence-electron chi connectivity index (χ4n) is 2.35. The van der Waals surface area contributed by atoms with Gasteiger partial charge in [-0.2, -0.15) is 0 Å². The summed E-state index contributed by atoms with van der Waals surface area (Å²) in [5, 5.41) is 2.89. The molecule has 0 aliphatic rings. The number of amides is 2. The predicted molar refractivity (Wildman–Crippen MR) is 101 cm³/mol. The molecule has 0 radical (unpaired) electrons. The average Bonchev–Trinajstić information content (AvgIpc) is 2.52. The highest BCUT2D eigenvalue weighted by Gasteiger charge is 2.17. The Kier molecular flexibility index (Phi) is 5.78. The highest BCUT2D eigenvalue weighted by atomic mass is 79.9. The lowest BCUT2D eigenvalue weighted by atomic mass is 10.1. The maximum Gasteiger partial charge on any atom is 0.244 e. The van der Waals surface area contributed by atoms with Crippen LogP contribution in [0.4, 0.5) is 11.4 Å². The molecule has 4 nitrogen and oxygen atoms in total. The van der Waals surface area contributed by atoms with Crippen molar-refractivity contribution >= 4 is 39.1 Å². The summed E-state index contributed by atoms with van der Waals surface area (Å²) in [5.74, 6) is -0.405. The molecule has 1 N–H and O–H groups in total. The molecule has 2 rings (SSSR count). The van der Waals surface area contributed by atoms with Gasteiger partial charge in [-0.3, -0.25) is 9.59 Å². The molecule has 0 spiro atoms. The van der Waals surface area contributed by atoms with Crippen molar-refractivity contribution in [2.45, 2.75) is 27.7 Å². The second kappa shape index (κ2) is 7.62. The number of nitrogens with one attached hydrogen (secondary N) is 1. The maximum absolute atomic E-state index is 12.4. The summed E-state index contributed by atoms with van der Waals surface area (Å²) in [7, 11) is 0. The lowest BCUT2D eigenvalue weighted by molar-refractivity contribution is -0.120. The molecule has 0 aliphatic carbocycles. The third-order valence-corrected chi connectivity index (χ3v) is 4.88. The van der Waals surface area contributed by atoms with Gasteiger partial charge in [0.1, 0.15) is 6.54 Å². The summed E-state index contributed by atoms with van der Waals surface area (Å²) in [5.41, 5.74) is 4.67. The molecule has 5 heteroatoms. The Morgan fingerprint density at radius 1 is 1.08 bits per heavy atom. The third-order valence-electron chi connectivity index (χ3n) is 4.03. The number of carbonyl (C=O) groups is 2. The van der Waals surface area contributed by atoms with E-state index in [1.54, 1.807) is 0 Å². The van der Waals surface area contributed by atoms with E-state index in [0.717, 1.165) is 26.9 Å². The Hall–Kier alpha value is -2.14. The van der Waals surface area contributed by atoms with E-state index in [0.29, 0.717) is 5.69 Å². The number of carbonyl (C=O) groups excluding carboxylic acids is 2. The zero-order valence-corrected chi connectivity index (χ0v) is 15.9. The summed E-state index contributed by atoms with van der Waals surface area (Å²) >= 11 is 3.46. The number of nitrogens with zero attached hydrogens (tertiary/aromatic N) is 1. The highest BCUT2D eigenvalue weighted by molar-refractivity contribution is 9.10. The van der Waals surface area contributed by atoms with Crippen molar-refractivity contribution in [3.8, 4) is 0 Å². The van der Waals surface area contributed by atoms with E-state index in [4.69, 9.17) is 0 Å². The summed E-state index contributed by atoms with van der Waals surface area (Å²) < 4.78 is 0.904. The minimum absolute atomic E-state index is 0.0295. The van der Waals surface area contributed by atoms with Crippen molar-refractivity contribution in [2.24, 2.45) is 0 Å². The van der Waals surface area contributed by atoms with Crippen LogP contribution in [0.1, 0.15) is 23.6 Å². The lowest BCUT2D eigenvalue weighted by Crippen LogP contribution is -2.36. The van der Waals surface area contributed by atoms with Gasteiger partial charge in [-0.15, -0.1) is 0 Å². The summed E-state index contributed by atoms with van der Waals surface area (Å²) in [6, 6.07) is 11.4. The molecular weight excluding hydrogens is 368 g/mol. The molecule has 0 heterocycles. The minimum atomic E-state index is -0.226. The van der Waals surface area contributed by atoms with Crippen LogP contribution in [0.3, 0.4) is 0 Å². The van der Waals surface area contributed by atoms with Crippen LogP contribution in [0.5, 0.6) is 0 Å². The largest absolute Gasteiger partial charge is 0.324 e. The standard InChI is InChI=1S/C19H21BrN2O2/c1-12-6-5-7-18(14(12)3)21-19(24)11-22(15(4)23)16-9-8-13(2)17(20)10-16/h5-10H,11H2,1-4H3,(H,21,24). The van der Waals surface area contributed by atoms with Crippen LogP contribution < -0.4 is 10.2 Å². The van der Waals surface area contributed by atoms with Crippen LogP contribution in [-0.2, 0) is 9.59 Å². The van der Waals surface area contributed by atoms with E-state index in [1.165, 1.54) is 11.8 Å². The quantitative estimate of drug-likeness (QED) is 0.845. The van der Waals surface area contributed by atoms with Crippen molar-refractivity contribution in [1.29, 1.82) is 0 Å². The van der Waals surface area contributed by atoms with Gasteiger partial charge in [0.2, 0.25) is 11.8 Å². The predicted octanol–water partition coefficient (Wildman–Crippen LogP) is 4.37. The SMILES string of the molecule is CC(=O)N(CC(=O)Nc1cccc(C)c1C)c1ccc(C)c(Br)c1. The molecule has 0 saturated carbocycles. The van der Waals surface area contributed by atoms with Gasteiger partial charge in [-0.05, 0) is 55.7 Å². The van der Waals surface area contributed by atoms with Crippen molar-refractivity contribution in [3.63, 3.8) is 0 Å². The fraction of sp³-hybridized carbons (Fsp3) is 0.263. The van der Waals surface area contributed by atoms with Crippen LogP contribution in [0.15, 0.2) is 40.9 Å². The normalized spacial score (nSPS) is 10.4. The van der Waals surface area contributed by atoms with Gasteiger partial charge < -0.3 is 10.2 Å². The molecule has 0 atom stereocenters. The Labute approximate surface area is 151 Å². The van der Waals surface area contributed by atoms with E-state index >= 15 is 0 Å². The molecule has 2 aromatic carbocycles. The van der Waals surface area contributed by atoms with Gasteiger partial charge >= 0.3 is 0 Å². The molecule has 2 aromatic rings. The zero-order valence-electron chi connectivity index (χ0n) is 14.3. The van der Waals surface area contributed by atoms with Gasteiger partial charge in [0, 0.05) is 22.8 Å². The Balaban J connectivity index is 2.18. The molecule has 0 bridgehead atoms. The molecule has 0 fully saturated rings. The fourth-order valence-corrected chi connectivity index (χ4v) is 2.72. The summed E-state index contributed by atoms with van der Waals surface area (Å²) in [4.78, 5) is 25.8. The second-order valence-electron chi connectivity index (χ2n) is 5.83. The number of hydrogen-bond donors (Lipinski definition) is 1. The Bertz CT molecular complexity index is 787. The van der Waals surface area contributed by atoms with Gasteiger partial charge in [0.25, 0.3) is 0 Å². The van der Waals surface area contributed by atoms with E-state index < -0.39 is 0 Å². The zero-order chi connectivity index (χ0) is 17.9. The molecule has 24 heavy (non-hydrogen) atoms. The lowest BCUT2D eigenvalue weighted by Gasteiger charge is -2.22. The maximum atomic E-state index is 12.4. The summed E-state index contributed by atoms with van der Waals surface area (Å²) in [6.45, 7) is 7.36. The number of halogens is 1. The van der Waals surface area contributed by atoms with Crippen LogP contribution in [0.25, 0.3) is 0 Å². The number of rotatable bonds is 4. The van der Waals surface area contributed by atoms with Crippen LogP contribution in [0.2, 0.25) is 0 Å². The molecule has 0 unspecified atom stereocenters. The van der Waals surface area contributed by atoms with Crippen LogP contribution >= 0.6 is 15.9 Å². The van der Waals surface area contributed by atoms with Crippen molar-refractivity contribution in [3.05, 3.63) is 57.6 Å². The average molecular weight is 389 g/mol. The van der Waals surface area contributed by atoms with E-state index in [-0.39, 0.29) is 18.4 Å². The topological polar surface area (TPSA) is 49.4 Å². The highest BCUT2D eigenvalue weighted by Crippen LogP contribution is 2.24. The number of anilines is 2. The van der Waals surface area contributed by atoms with Gasteiger partial charge in [0.05, 0.1) is 0 Å². The monoisotopic (exact) mass is 388 g/mol. The van der Waals surface area contributed by atoms with E-state index in [1.807, 2.05) is 57.2 Å². The van der Waals surface area contributed by atoms with Gasteiger partial charge in [-0.25, -0.2) is 0 Å². The smallest absolute Gasteiger partial charge is 0.244 e. The van der Waals surface area contributed by atoms with Crippen molar-refractivity contribution < 1.29 is 9.59 Å². The first-order chi connectivity index (χ1) is 11.3. The first-order valence-electron chi connectivity index (χ1n) is 7.70. The molecule has 2 amide bonds. The van der Waals surface area contributed by atoms with Crippen molar-refractivity contribution in [1.82, 2.24) is 0 Å². The molecular formula is C19H21BrN2O2. The molecule has 126 valence electrons. The Morgan fingerprint density at radius 3 is 2.42 bits per heavy atom. The number of benzene rings is 2. The van der Waals surface area contributed by atoms with Gasteiger partial charge in [-0.1, -0.05) is 34.1 Å². The van der Waals surface area contributed by atoms with Crippen molar-refractivity contribution in [2.75, 3.05) is 16.8 Å². The van der Waals surface area contributed by atoms with Crippen LogP contribution in [0, 0.1) is 20.8 Å². The van der Waals surface area contributed by atoms with E-state index in [9.17, 15) is 9.59 Å². The Morgan fingerprint density at radius 2 is 1.79 bits per heavy atom. The first-order valence-corrected chi connectivity index (χ1v) is 8.49. The van der Waals surface area contributed by atoms with E-state index in [2.05, 4.69) is 21.2 Å². The van der Waals surface area contributed by atoms with Gasteiger partial charge in [0.15, 0.2) is 0 Å².